The van der Waals surface area contributed by atoms with Gasteiger partial charge in [-0.15, -0.1) is 5.10 Å². The molecule has 0 bridgehead atoms. The van der Waals surface area contributed by atoms with Crippen LogP contribution in [0.15, 0.2) is 73.2 Å². The minimum atomic E-state index is -0.270. The Bertz CT molecular complexity index is 1030. The SMILES string of the molecule is O=C(COc1ccccc1)Nc1cccn2nc(-c3cccnc3)nc12. The van der Waals surface area contributed by atoms with Crippen LogP contribution in [-0.4, -0.2) is 32.1 Å². The van der Waals surface area contributed by atoms with Gasteiger partial charge in [0.25, 0.3) is 5.91 Å². The lowest BCUT2D eigenvalue weighted by Crippen LogP contribution is -2.20. The Morgan fingerprint density at radius 3 is 2.77 bits per heavy atom. The summed E-state index contributed by atoms with van der Waals surface area (Å²) in [5, 5.41) is 7.24. The fourth-order valence-corrected chi connectivity index (χ4v) is 2.47. The van der Waals surface area contributed by atoms with Gasteiger partial charge in [-0.1, -0.05) is 18.2 Å². The third kappa shape index (κ3) is 3.36. The third-order valence-electron chi connectivity index (χ3n) is 3.67. The number of carbonyl (C=O) groups excluding carboxylic acids is 1. The summed E-state index contributed by atoms with van der Waals surface area (Å²) in [7, 11) is 0. The first-order valence-corrected chi connectivity index (χ1v) is 8.03. The number of hydrogen-bond acceptors (Lipinski definition) is 5. The standard InChI is InChI=1S/C19H15N5O2/c25-17(13-26-15-7-2-1-3-8-15)21-16-9-5-11-24-19(16)22-18(23-24)14-6-4-10-20-12-14/h1-12H,13H2,(H,21,25). The molecule has 0 atom stereocenters. The molecular formula is C19H15N5O2. The maximum atomic E-state index is 12.2. The zero-order valence-electron chi connectivity index (χ0n) is 13.7. The van der Waals surface area contributed by atoms with Crippen molar-refractivity contribution >= 4 is 17.2 Å². The van der Waals surface area contributed by atoms with E-state index in [1.165, 1.54) is 0 Å². The van der Waals surface area contributed by atoms with Crippen LogP contribution in [-0.2, 0) is 4.79 Å². The number of anilines is 1. The van der Waals surface area contributed by atoms with Crippen molar-refractivity contribution in [2.24, 2.45) is 0 Å². The molecule has 26 heavy (non-hydrogen) atoms. The van der Waals surface area contributed by atoms with Gasteiger partial charge in [-0.25, -0.2) is 9.50 Å². The minimum absolute atomic E-state index is 0.0886. The van der Waals surface area contributed by atoms with Gasteiger partial charge in [0, 0.05) is 24.2 Å². The average Bonchev–Trinajstić information content (AvgIpc) is 3.13. The molecule has 0 spiro atoms. The summed E-state index contributed by atoms with van der Waals surface area (Å²) < 4.78 is 7.08. The molecule has 0 saturated carbocycles. The van der Waals surface area contributed by atoms with Crippen molar-refractivity contribution in [1.29, 1.82) is 0 Å². The minimum Gasteiger partial charge on any atom is -0.484 e. The summed E-state index contributed by atoms with van der Waals surface area (Å²) in [5.74, 6) is 0.912. The number of aromatic nitrogens is 4. The number of nitrogens with one attached hydrogen (secondary N) is 1. The highest BCUT2D eigenvalue weighted by molar-refractivity contribution is 5.95. The molecule has 0 unspecified atom stereocenters. The number of pyridine rings is 2. The van der Waals surface area contributed by atoms with Crippen LogP contribution in [0.25, 0.3) is 17.0 Å². The molecule has 7 heteroatoms. The molecule has 1 N–H and O–H groups in total. The van der Waals surface area contributed by atoms with Crippen LogP contribution in [0.5, 0.6) is 5.75 Å². The van der Waals surface area contributed by atoms with Gasteiger partial charge in [-0.3, -0.25) is 9.78 Å². The second-order valence-corrected chi connectivity index (χ2v) is 5.52. The highest BCUT2D eigenvalue weighted by Gasteiger charge is 2.12. The van der Waals surface area contributed by atoms with E-state index >= 15 is 0 Å². The Kier molecular flexibility index (Phi) is 4.26. The number of nitrogens with zero attached hydrogens (tertiary/aromatic N) is 4. The number of ether oxygens (including phenoxy) is 1. The molecule has 4 rings (SSSR count). The van der Waals surface area contributed by atoms with Gasteiger partial charge >= 0.3 is 0 Å². The Hall–Kier alpha value is -3.74. The number of carbonyl (C=O) groups is 1. The first-order chi connectivity index (χ1) is 12.8. The van der Waals surface area contributed by atoms with Gasteiger partial charge in [0.1, 0.15) is 5.75 Å². The molecule has 128 valence electrons. The van der Waals surface area contributed by atoms with E-state index in [2.05, 4.69) is 20.4 Å². The van der Waals surface area contributed by atoms with Crippen LogP contribution < -0.4 is 10.1 Å². The highest BCUT2D eigenvalue weighted by Crippen LogP contribution is 2.20. The monoisotopic (exact) mass is 345 g/mol. The van der Waals surface area contributed by atoms with Crippen molar-refractivity contribution in [3.05, 3.63) is 73.2 Å². The smallest absolute Gasteiger partial charge is 0.262 e. The molecule has 1 aromatic carbocycles. The van der Waals surface area contributed by atoms with E-state index in [1.54, 1.807) is 47.4 Å². The number of benzene rings is 1. The van der Waals surface area contributed by atoms with Crippen LogP contribution >= 0.6 is 0 Å². The van der Waals surface area contributed by atoms with Gasteiger partial charge in [0.15, 0.2) is 18.1 Å². The summed E-state index contributed by atoms with van der Waals surface area (Å²) in [6.07, 6.45) is 5.16. The fraction of sp³-hybridized carbons (Fsp3) is 0.0526. The zero-order chi connectivity index (χ0) is 17.8. The molecule has 3 heterocycles. The molecule has 0 aliphatic carbocycles. The van der Waals surface area contributed by atoms with Crippen LogP contribution in [0.1, 0.15) is 0 Å². The third-order valence-corrected chi connectivity index (χ3v) is 3.67. The van der Waals surface area contributed by atoms with Gasteiger partial charge in [0.05, 0.1) is 5.69 Å². The number of para-hydroxylation sites is 1. The lowest BCUT2D eigenvalue weighted by atomic mass is 10.3. The molecule has 7 nitrogen and oxygen atoms in total. The Labute approximate surface area is 149 Å². The second kappa shape index (κ2) is 7.02. The maximum absolute atomic E-state index is 12.2. The van der Waals surface area contributed by atoms with E-state index < -0.39 is 0 Å². The summed E-state index contributed by atoms with van der Waals surface area (Å²) in [5.41, 5.74) is 1.93. The van der Waals surface area contributed by atoms with Crippen molar-refractivity contribution in [3.63, 3.8) is 0 Å². The van der Waals surface area contributed by atoms with Crippen LogP contribution in [0.4, 0.5) is 5.69 Å². The van der Waals surface area contributed by atoms with Crippen molar-refractivity contribution in [3.8, 4) is 17.1 Å². The molecule has 3 aromatic heterocycles. The first kappa shape index (κ1) is 15.8. The summed E-state index contributed by atoms with van der Waals surface area (Å²) in [4.78, 5) is 20.8. The average molecular weight is 345 g/mol. The van der Waals surface area contributed by atoms with Crippen LogP contribution in [0.3, 0.4) is 0 Å². The summed E-state index contributed by atoms with van der Waals surface area (Å²) >= 11 is 0. The van der Waals surface area contributed by atoms with E-state index in [4.69, 9.17) is 4.74 Å². The van der Waals surface area contributed by atoms with Crippen molar-refractivity contribution in [1.82, 2.24) is 19.6 Å². The van der Waals surface area contributed by atoms with E-state index in [0.29, 0.717) is 22.9 Å². The first-order valence-electron chi connectivity index (χ1n) is 8.03. The van der Waals surface area contributed by atoms with Crippen molar-refractivity contribution < 1.29 is 9.53 Å². The summed E-state index contributed by atoms with van der Waals surface area (Å²) in [6, 6.07) is 16.5. The maximum Gasteiger partial charge on any atom is 0.262 e. The molecule has 0 saturated heterocycles. The number of hydrogen-bond donors (Lipinski definition) is 1. The van der Waals surface area contributed by atoms with Crippen molar-refractivity contribution in [2.45, 2.75) is 0 Å². The molecule has 0 radical (unpaired) electrons. The molecule has 0 fully saturated rings. The Balaban J connectivity index is 1.53. The van der Waals surface area contributed by atoms with E-state index in [-0.39, 0.29) is 12.5 Å². The molecule has 1 amide bonds. The van der Waals surface area contributed by atoms with Gasteiger partial charge < -0.3 is 10.1 Å². The zero-order valence-corrected chi connectivity index (χ0v) is 13.7. The fourth-order valence-electron chi connectivity index (χ4n) is 2.47. The number of rotatable bonds is 5. The summed E-state index contributed by atoms with van der Waals surface area (Å²) in [6.45, 7) is -0.0886. The molecule has 4 aromatic rings. The van der Waals surface area contributed by atoms with Crippen LogP contribution in [0.2, 0.25) is 0 Å². The number of fused-ring (bicyclic) bond motifs is 1. The van der Waals surface area contributed by atoms with Crippen LogP contribution in [0, 0.1) is 0 Å². The van der Waals surface area contributed by atoms with Gasteiger partial charge in [-0.05, 0) is 36.4 Å². The van der Waals surface area contributed by atoms with E-state index in [1.807, 2.05) is 30.3 Å². The predicted octanol–water partition coefficient (Wildman–Crippen LogP) is 2.81. The van der Waals surface area contributed by atoms with Crippen molar-refractivity contribution in [2.75, 3.05) is 11.9 Å². The second-order valence-electron chi connectivity index (χ2n) is 5.52. The lowest BCUT2D eigenvalue weighted by molar-refractivity contribution is -0.118. The van der Waals surface area contributed by atoms with E-state index in [9.17, 15) is 4.79 Å². The Morgan fingerprint density at radius 1 is 1.08 bits per heavy atom. The highest BCUT2D eigenvalue weighted by atomic mass is 16.5. The number of amides is 1. The lowest BCUT2D eigenvalue weighted by Gasteiger charge is -2.07. The van der Waals surface area contributed by atoms with Gasteiger partial charge in [0.2, 0.25) is 0 Å². The molecule has 0 aliphatic heterocycles. The molecule has 0 aliphatic rings. The molecular weight excluding hydrogens is 330 g/mol. The van der Waals surface area contributed by atoms with Gasteiger partial charge in [-0.2, -0.15) is 0 Å². The topological polar surface area (TPSA) is 81.4 Å². The van der Waals surface area contributed by atoms with E-state index in [0.717, 1.165) is 5.56 Å². The predicted molar refractivity (Wildman–Crippen MR) is 96.8 cm³/mol. The largest absolute Gasteiger partial charge is 0.484 e. The normalized spacial score (nSPS) is 10.6. The Morgan fingerprint density at radius 2 is 1.96 bits per heavy atom. The quantitative estimate of drug-likeness (QED) is 0.601.